The maximum absolute atomic E-state index is 14.0. The Morgan fingerprint density at radius 3 is 2.69 bits per heavy atom. The van der Waals surface area contributed by atoms with E-state index in [1.165, 1.54) is 18.9 Å². The smallest absolute Gasteiger partial charge is 0.184 e. The number of hydrogen-bond acceptors (Lipinski definition) is 4. The van der Waals surface area contributed by atoms with Gasteiger partial charge in [0.05, 0.1) is 17.4 Å². The number of rotatable bonds is 4. The van der Waals surface area contributed by atoms with Crippen LogP contribution in [0.2, 0.25) is 0 Å². The van der Waals surface area contributed by atoms with Crippen LogP contribution in [-0.2, 0) is 11.2 Å². The van der Waals surface area contributed by atoms with E-state index in [4.69, 9.17) is 0 Å². The van der Waals surface area contributed by atoms with Crippen molar-refractivity contribution < 1.29 is 13.6 Å². The van der Waals surface area contributed by atoms with E-state index >= 15 is 0 Å². The van der Waals surface area contributed by atoms with E-state index in [2.05, 4.69) is 20.2 Å². The first-order chi connectivity index (χ1) is 14.0. The fraction of sp³-hybridized carbons (Fsp3) is 0.455. The van der Waals surface area contributed by atoms with Crippen LogP contribution in [0.1, 0.15) is 38.3 Å². The number of nitrogens with zero attached hydrogens (tertiary/aromatic N) is 3. The molecule has 0 aliphatic heterocycles. The number of hydrogen-bond donors (Lipinski definition) is 1. The molecule has 0 saturated heterocycles. The van der Waals surface area contributed by atoms with E-state index in [1.807, 2.05) is 0 Å². The maximum atomic E-state index is 14.0. The van der Waals surface area contributed by atoms with Gasteiger partial charge in [-0.05, 0) is 62.8 Å². The summed E-state index contributed by atoms with van der Waals surface area (Å²) < 4.78 is 27.7. The van der Waals surface area contributed by atoms with Crippen LogP contribution in [0.4, 0.5) is 8.78 Å². The van der Waals surface area contributed by atoms with E-state index < -0.39 is 11.6 Å². The van der Waals surface area contributed by atoms with Crippen LogP contribution in [0.25, 0.3) is 22.3 Å². The Kier molecular flexibility index (Phi) is 4.41. The Labute approximate surface area is 167 Å². The Morgan fingerprint density at radius 1 is 1.17 bits per heavy atom. The molecule has 3 saturated carbocycles. The van der Waals surface area contributed by atoms with Crippen LogP contribution in [0.3, 0.4) is 0 Å². The lowest BCUT2D eigenvalue weighted by atomic mass is 9.56. The van der Waals surface area contributed by atoms with Crippen molar-refractivity contribution >= 4 is 16.7 Å². The highest BCUT2D eigenvalue weighted by molar-refractivity contribution is 5.94. The van der Waals surface area contributed by atoms with Gasteiger partial charge in [-0.15, -0.1) is 5.10 Å². The average Bonchev–Trinajstić information content (AvgIpc) is 3.13. The Balaban J connectivity index is 1.49. The summed E-state index contributed by atoms with van der Waals surface area (Å²) in [5.74, 6) is 0.702. The van der Waals surface area contributed by atoms with Crippen LogP contribution in [0.5, 0.6) is 0 Å². The molecule has 0 amide bonds. The standard InChI is InChI=1S/C22H22F2N4O/c1-11(29)20-13-4-2-12(3-5-13)16(20)8-15-9-26-28-22(27-15)18-10-25-21-17(18)6-14(23)7-19(21)24/h6-7,9-10,12-13,16,20,25H,2-5,8H2,1H3/t12?,13?,16-,20-/m1/s1. The molecule has 150 valence electrons. The van der Waals surface area contributed by atoms with Gasteiger partial charge in [0.1, 0.15) is 17.4 Å². The molecule has 3 aromatic rings. The molecule has 2 bridgehead atoms. The van der Waals surface area contributed by atoms with E-state index in [9.17, 15) is 13.6 Å². The molecule has 3 aliphatic carbocycles. The molecule has 3 fully saturated rings. The van der Waals surface area contributed by atoms with E-state index in [0.717, 1.165) is 24.6 Å². The zero-order valence-corrected chi connectivity index (χ0v) is 16.2. The largest absolute Gasteiger partial charge is 0.358 e. The van der Waals surface area contributed by atoms with Crippen LogP contribution in [-0.4, -0.2) is 25.9 Å². The minimum atomic E-state index is -0.655. The molecule has 2 heterocycles. The van der Waals surface area contributed by atoms with Gasteiger partial charge >= 0.3 is 0 Å². The van der Waals surface area contributed by atoms with Crippen LogP contribution in [0.15, 0.2) is 24.5 Å². The number of nitrogens with one attached hydrogen (secondary N) is 1. The zero-order chi connectivity index (χ0) is 20.1. The number of ketones is 1. The number of aromatic nitrogens is 4. The summed E-state index contributed by atoms with van der Waals surface area (Å²) in [7, 11) is 0. The van der Waals surface area contributed by atoms with E-state index in [-0.39, 0.29) is 23.1 Å². The summed E-state index contributed by atoms with van der Waals surface area (Å²) in [6.07, 6.45) is 8.53. The molecule has 7 heteroatoms. The lowest BCUT2D eigenvalue weighted by molar-refractivity contribution is -0.130. The molecule has 2 atom stereocenters. The number of aromatic amines is 1. The number of Topliss-reactive ketones (excluding diaryl/α,β-unsaturated/α-hetero) is 1. The Morgan fingerprint density at radius 2 is 1.93 bits per heavy atom. The van der Waals surface area contributed by atoms with Crippen molar-refractivity contribution in [2.45, 2.75) is 39.0 Å². The van der Waals surface area contributed by atoms with Crippen molar-refractivity contribution in [2.75, 3.05) is 0 Å². The number of carbonyl (C=O) groups is 1. The van der Waals surface area contributed by atoms with Crippen molar-refractivity contribution in [1.82, 2.24) is 20.2 Å². The predicted molar refractivity (Wildman–Crippen MR) is 104 cm³/mol. The Hall–Kier alpha value is -2.70. The lowest BCUT2D eigenvalue weighted by Gasteiger charge is -2.47. The first-order valence-corrected chi connectivity index (χ1v) is 10.2. The van der Waals surface area contributed by atoms with Gasteiger partial charge < -0.3 is 4.98 Å². The van der Waals surface area contributed by atoms with Crippen molar-refractivity contribution in [3.63, 3.8) is 0 Å². The normalized spacial score (nSPS) is 26.2. The third-order valence-corrected chi connectivity index (χ3v) is 6.86. The second-order valence-electron chi connectivity index (χ2n) is 8.46. The van der Waals surface area contributed by atoms with E-state index in [0.29, 0.717) is 35.0 Å². The van der Waals surface area contributed by atoms with Gasteiger partial charge in [-0.3, -0.25) is 4.79 Å². The van der Waals surface area contributed by atoms with Crippen molar-refractivity contribution in [3.05, 3.63) is 41.9 Å². The predicted octanol–water partition coefficient (Wildman–Crippen LogP) is 4.48. The minimum absolute atomic E-state index is 0.0946. The molecule has 0 unspecified atom stereocenters. The fourth-order valence-electron chi connectivity index (χ4n) is 5.63. The van der Waals surface area contributed by atoms with Gasteiger partial charge in [0.15, 0.2) is 5.82 Å². The molecule has 5 nitrogen and oxygen atoms in total. The van der Waals surface area contributed by atoms with Crippen molar-refractivity contribution in [1.29, 1.82) is 0 Å². The summed E-state index contributed by atoms with van der Waals surface area (Å²) in [5, 5.41) is 8.57. The maximum Gasteiger partial charge on any atom is 0.184 e. The summed E-state index contributed by atoms with van der Waals surface area (Å²) in [6.45, 7) is 1.71. The minimum Gasteiger partial charge on any atom is -0.358 e. The van der Waals surface area contributed by atoms with E-state index in [1.54, 1.807) is 19.3 Å². The van der Waals surface area contributed by atoms with Crippen molar-refractivity contribution in [2.24, 2.45) is 23.7 Å². The molecular formula is C22H22F2N4O. The number of carbonyl (C=O) groups excluding carboxylic acids is 1. The highest BCUT2D eigenvalue weighted by Crippen LogP contribution is 2.50. The molecule has 29 heavy (non-hydrogen) atoms. The molecule has 1 N–H and O–H groups in total. The third-order valence-electron chi connectivity index (χ3n) is 6.86. The second-order valence-corrected chi connectivity index (χ2v) is 8.46. The highest BCUT2D eigenvalue weighted by atomic mass is 19.1. The van der Waals surface area contributed by atoms with Crippen LogP contribution >= 0.6 is 0 Å². The summed E-state index contributed by atoms with van der Waals surface area (Å²) >= 11 is 0. The Bertz CT molecular complexity index is 1090. The fourth-order valence-corrected chi connectivity index (χ4v) is 5.63. The first kappa shape index (κ1) is 18.3. The van der Waals surface area contributed by atoms with Gasteiger partial charge in [0, 0.05) is 29.1 Å². The van der Waals surface area contributed by atoms with Crippen LogP contribution in [0, 0.1) is 35.3 Å². The van der Waals surface area contributed by atoms with Crippen molar-refractivity contribution in [3.8, 4) is 11.4 Å². The van der Waals surface area contributed by atoms with Crippen LogP contribution < -0.4 is 0 Å². The second kappa shape index (κ2) is 6.97. The SMILES string of the molecule is CC(=O)[C@@H]1C2CCC(CC2)[C@H]1Cc1cnnc(-c2c[nH]c3c(F)cc(F)cc23)n1. The summed E-state index contributed by atoms with van der Waals surface area (Å²) in [4.78, 5) is 19.8. The average molecular weight is 396 g/mol. The molecule has 1 aromatic carbocycles. The topological polar surface area (TPSA) is 71.5 Å². The van der Waals surface area contributed by atoms with Gasteiger partial charge in [0.25, 0.3) is 0 Å². The van der Waals surface area contributed by atoms with Gasteiger partial charge in [-0.1, -0.05) is 0 Å². The monoisotopic (exact) mass is 396 g/mol. The molecule has 6 rings (SSSR count). The molecule has 3 aliphatic rings. The molecule has 0 radical (unpaired) electrons. The highest BCUT2D eigenvalue weighted by Gasteiger charge is 2.45. The zero-order valence-electron chi connectivity index (χ0n) is 16.2. The first-order valence-electron chi connectivity index (χ1n) is 10.2. The number of benzene rings is 1. The lowest BCUT2D eigenvalue weighted by Crippen LogP contribution is -2.44. The molecular weight excluding hydrogens is 374 g/mol. The third kappa shape index (κ3) is 3.12. The van der Waals surface area contributed by atoms with Gasteiger partial charge in [-0.2, -0.15) is 5.10 Å². The number of halogens is 2. The summed E-state index contributed by atoms with van der Waals surface area (Å²) in [6, 6.07) is 2.12. The quantitative estimate of drug-likeness (QED) is 0.706. The number of H-pyrrole nitrogens is 1. The van der Waals surface area contributed by atoms with Gasteiger partial charge in [-0.25, -0.2) is 13.8 Å². The summed E-state index contributed by atoms with van der Waals surface area (Å²) in [5.41, 5.74) is 1.50. The van der Waals surface area contributed by atoms with Gasteiger partial charge in [0.2, 0.25) is 0 Å². The molecule has 2 aromatic heterocycles. The number of fused-ring (bicyclic) bond motifs is 4. The molecule has 0 spiro atoms.